The van der Waals surface area contributed by atoms with Crippen molar-refractivity contribution in [3.63, 3.8) is 0 Å². The van der Waals surface area contributed by atoms with Gasteiger partial charge in [0.1, 0.15) is 5.65 Å². The van der Waals surface area contributed by atoms with Crippen LogP contribution in [0.3, 0.4) is 0 Å². The second kappa shape index (κ2) is 7.85. The van der Waals surface area contributed by atoms with Crippen LogP contribution in [0.2, 0.25) is 0 Å². The molecule has 172 valence electrons. The predicted molar refractivity (Wildman–Crippen MR) is 133 cm³/mol. The number of rotatable bonds is 2. The molecule has 3 aliphatic heterocycles. The van der Waals surface area contributed by atoms with Crippen LogP contribution in [-0.4, -0.2) is 52.7 Å². The Morgan fingerprint density at radius 1 is 1.09 bits per heavy atom. The van der Waals surface area contributed by atoms with E-state index in [4.69, 9.17) is 5.73 Å². The molecule has 0 radical (unpaired) electrons. The van der Waals surface area contributed by atoms with E-state index in [9.17, 15) is 4.79 Å². The zero-order chi connectivity index (χ0) is 22.7. The first kappa shape index (κ1) is 20.7. The summed E-state index contributed by atoms with van der Waals surface area (Å²) >= 11 is 0. The minimum absolute atomic E-state index is 0.0116. The third-order valence-corrected chi connectivity index (χ3v) is 7.82. The smallest absolute Gasteiger partial charge is 0.253 e. The molecule has 0 aliphatic carbocycles. The minimum atomic E-state index is -0.0116. The predicted octanol–water partition coefficient (Wildman–Crippen LogP) is 2.63. The van der Waals surface area contributed by atoms with E-state index in [1.54, 1.807) is 23.9 Å². The number of piperidine rings is 1. The second-order valence-electron chi connectivity index (χ2n) is 9.97. The van der Waals surface area contributed by atoms with Gasteiger partial charge in [-0.05, 0) is 55.2 Å². The number of pyridine rings is 2. The van der Waals surface area contributed by atoms with Gasteiger partial charge in [0.2, 0.25) is 0 Å². The van der Waals surface area contributed by atoms with E-state index >= 15 is 0 Å². The molecule has 2 fully saturated rings. The van der Waals surface area contributed by atoms with Crippen LogP contribution in [0.15, 0.2) is 47.4 Å². The zero-order valence-electron chi connectivity index (χ0n) is 19.4. The lowest BCUT2D eigenvalue weighted by Gasteiger charge is -2.43. The zero-order valence-corrected chi connectivity index (χ0v) is 19.4. The van der Waals surface area contributed by atoms with Crippen molar-refractivity contribution in [2.75, 3.05) is 36.0 Å². The Morgan fingerprint density at radius 3 is 2.82 bits per heavy atom. The summed E-state index contributed by atoms with van der Waals surface area (Å²) < 4.78 is 1.64. The monoisotopic (exact) mass is 444 g/mol. The maximum atomic E-state index is 12.7. The minimum Gasteiger partial charge on any atom is -0.370 e. The van der Waals surface area contributed by atoms with Crippen molar-refractivity contribution in [2.45, 2.75) is 44.4 Å². The number of hydrogen-bond acceptors (Lipinski definition) is 6. The van der Waals surface area contributed by atoms with E-state index in [2.05, 4.69) is 50.9 Å². The first-order chi connectivity index (χ1) is 16.0. The number of benzene rings is 1. The third-order valence-electron chi connectivity index (χ3n) is 7.82. The summed E-state index contributed by atoms with van der Waals surface area (Å²) in [5.74, 6) is 0. The lowest BCUT2D eigenvalue weighted by molar-refractivity contribution is 0.134. The van der Waals surface area contributed by atoms with Crippen LogP contribution in [0.25, 0.3) is 11.0 Å². The van der Waals surface area contributed by atoms with Crippen molar-refractivity contribution < 1.29 is 0 Å². The topological polar surface area (TPSA) is 70.6 Å². The highest BCUT2D eigenvalue weighted by atomic mass is 16.1. The summed E-state index contributed by atoms with van der Waals surface area (Å²) in [4.78, 5) is 24.6. The Morgan fingerprint density at radius 2 is 1.97 bits per heavy atom. The van der Waals surface area contributed by atoms with E-state index in [1.807, 2.05) is 6.07 Å². The lowest BCUT2D eigenvalue weighted by atomic mass is 9.99. The molecular formula is C26H32N6O. The molecule has 7 heteroatoms. The Labute approximate surface area is 194 Å². The van der Waals surface area contributed by atoms with Gasteiger partial charge in [-0.3, -0.25) is 14.3 Å². The van der Waals surface area contributed by atoms with Crippen LogP contribution in [0.5, 0.6) is 0 Å². The van der Waals surface area contributed by atoms with Gasteiger partial charge < -0.3 is 15.5 Å². The largest absolute Gasteiger partial charge is 0.370 e. The number of anilines is 2. The van der Waals surface area contributed by atoms with Crippen LogP contribution >= 0.6 is 0 Å². The van der Waals surface area contributed by atoms with Gasteiger partial charge in [0.05, 0.1) is 11.7 Å². The molecule has 0 spiro atoms. The van der Waals surface area contributed by atoms with Gasteiger partial charge in [-0.15, -0.1) is 0 Å². The Hall–Kier alpha value is -2.90. The maximum Gasteiger partial charge on any atom is 0.253 e. The van der Waals surface area contributed by atoms with Crippen LogP contribution < -0.4 is 21.1 Å². The van der Waals surface area contributed by atoms with Crippen molar-refractivity contribution >= 4 is 22.4 Å². The van der Waals surface area contributed by atoms with Gasteiger partial charge in [0.15, 0.2) is 0 Å². The van der Waals surface area contributed by atoms with E-state index < -0.39 is 0 Å². The summed E-state index contributed by atoms with van der Waals surface area (Å²) in [5.41, 5.74) is 12.1. The number of hydrogen-bond donors (Lipinski definition) is 1. The Kier molecular flexibility index (Phi) is 4.92. The molecule has 3 aliphatic rings. The summed E-state index contributed by atoms with van der Waals surface area (Å²) in [6, 6.07) is 13.8. The number of aryl methyl sites for hydroxylation is 1. The number of aromatic nitrogens is 2. The van der Waals surface area contributed by atoms with Gasteiger partial charge in [-0.2, -0.15) is 0 Å². The quantitative estimate of drug-likeness (QED) is 0.655. The third kappa shape index (κ3) is 3.42. The summed E-state index contributed by atoms with van der Waals surface area (Å²) in [6.45, 7) is 7.10. The fraction of sp³-hybridized carbons (Fsp3) is 0.462. The summed E-state index contributed by atoms with van der Waals surface area (Å²) in [5, 5.41) is 1.04. The van der Waals surface area contributed by atoms with Gasteiger partial charge in [-0.25, -0.2) is 4.98 Å². The first-order valence-electron chi connectivity index (χ1n) is 12.1. The van der Waals surface area contributed by atoms with Gasteiger partial charge in [0, 0.05) is 75.2 Å². The molecular weight excluding hydrogens is 412 g/mol. The fourth-order valence-electron chi connectivity index (χ4n) is 6.07. The number of fused-ring (bicyclic) bond motifs is 4. The fourth-order valence-corrected chi connectivity index (χ4v) is 6.07. The van der Waals surface area contributed by atoms with Crippen molar-refractivity contribution in [2.24, 2.45) is 12.8 Å². The number of piperazine rings is 1. The summed E-state index contributed by atoms with van der Waals surface area (Å²) in [6.07, 6.45) is 4.04. The van der Waals surface area contributed by atoms with E-state index in [1.165, 1.54) is 23.2 Å². The molecule has 7 nitrogen and oxygen atoms in total. The van der Waals surface area contributed by atoms with Crippen molar-refractivity contribution in [1.29, 1.82) is 0 Å². The van der Waals surface area contributed by atoms with E-state index in [-0.39, 0.29) is 11.6 Å². The summed E-state index contributed by atoms with van der Waals surface area (Å²) in [7, 11) is 1.79. The van der Waals surface area contributed by atoms with Crippen LogP contribution in [-0.2, 0) is 13.6 Å². The van der Waals surface area contributed by atoms with Gasteiger partial charge in [-0.1, -0.05) is 6.07 Å². The number of nitrogens with zero attached hydrogens (tertiary/aromatic N) is 5. The highest BCUT2D eigenvalue weighted by molar-refractivity contribution is 5.89. The highest BCUT2D eigenvalue weighted by Gasteiger charge is 2.39. The Balaban J connectivity index is 1.34. The number of nitrogens with two attached hydrogens (primary N) is 1. The molecule has 2 aromatic heterocycles. The molecule has 3 atom stereocenters. The Bertz CT molecular complexity index is 1270. The van der Waals surface area contributed by atoms with Crippen molar-refractivity contribution in [3.05, 3.63) is 64.1 Å². The molecule has 1 aromatic carbocycles. The van der Waals surface area contributed by atoms with Crippen LogP contribution in [0, 0.1) is 0 Å². The van der Waals surface area contributed by atoms with E-state index in [0.29, 0.717) is 12.1 Å². The van der Waals surface area contributed by atoms with Crippen LogP contribution in [0.1, 0.15) is 36.9 Å². The first-order valence-corrected chi connectivity index (χ1v) is 12.1. The standard InChI is InChI=1S/C26H32N6O/c1-17-13-31(23-12-25(33)29(2)26-22(23)6-3-9-28-26)16-24-21-8-7-20(11-18(21)14-32(17)24)30-10-4-5-19(27)15-30/h3,6-9,11-12,17,19,24H,4-5,10,13-16,27H2,1-2H3/t17-,19-,24-/m1/s1. The molecule has 0 saturated carbocycles. The van der Waals surface area contributed by atoms with Crippen LogP contribution in [0.4, 0.5) is 11.4 Å². The average Bonchev–Trinajstić information content (AvgIpc) is 3.20. The molecule has 33 heavy (non-hydrogen) atoms. The molecule has 5 heterocycles. The molecule has 6 rings (SSSR count). The normalized spacial score (nSPS) is 25.4. The second-order valence-corrected chi connectivity index (χ2v) is 9.97. The molecule has 0 unspecified atom stereocenters. The van der Waals surface area contributed by atoms with Crippen molar-refractivity contribution in [3.8, 4) is 0 Å². The molecule has 0 bridgehead atoms. The van der Waals surface area contributed by atoms with E-state index in [0.717, 1.165) is 55.9 Å². The highest BCUT2D eigenvalue weighted by Crippen LogP contribution is 2.42. The van der Waals surface area contributed by atoms with Gasteiger partial charge in [0.25, 0.3) is 5.56 Å². The molecule has 3 aromatic rings. The average molecular weight is 445 g/mol. The lowest BCUT2D eigenvalue weighted by Crippen LogP contribution is -2.51. The maximum absolute atomic E-state index is 12.7. The SMILES string of the molecule is C[C@@H]1CN(c2cc(=O)n(C)c3ncccc23)C[C@@H]2c3ccc(N4CCC[C@@H](N)C4)cc3CN12. The molecule has 0 amide bonds. The molecule has 2 N–H and O–H groups in total. The van der Waals surface area contributed by atoms with Crippen molar-refractivity contribution in [1.82, 2.24) is 14.5 Å². The van der Waals surface area contributed by atoms with Gasteiger partial charge >= 0.3 is 0 Å². The molecule has 2 saturated heterocycles.